The molecule has 0 saturated heterocycles. The normalized spacial score (nSPS) is 10.4. The van der Waals surface area contributed by atoms with Crippen LogP contribution in [0.15, 0.2) is 0 Å². The molecule has 1 rings (SSSR count). The fraction of sp³-hybridized carbons (Fsp3) is 0.667. The van der Waals surface area contributed by atoms with Gasteiger partial charge in [0.15, 0.2) is 0 Å². The van der Waals surface area contributed by atoms with Crippen LogP contribution in [-0.4, -0.2) is 46.5 Å². The molecule has 0 aliphatic heterocycles. The highest BCUT2D eigenvalue weighted by Crippen LogP contribution is 2.12. The highest BCUT2D eigenvalue weighted by Gasteiger charge is 2.11. The van der Waals surface area contributed by atoms with Gasteiger partial charge < -0.3 is 15.5 Å². The Bertz CT molecular complexity index is 461. The van der Waals surface area contributed by atoms with Crippen LogP contribution in [0, 0.1) is 0 Å². The third kappa shape index (κ3) is 5.38. The lowest BCUT2D eigenvalue weighted by Gasteiger charge is -2.19. The second-order valence-corrected chi connectivity index (χ2v) is 4.68. The number of carbonyl (C=O) groups is 1. The van der Waals surface area contributed by atoms with E-state index >= 15 is 0 Å². The number of hydrogen-bond acceptors (Lipinski definition) is 8. The Kier molecular flexibility index (Phi) is 6.60. The predicted molar refractivity (Wildman–Crippen MR) is 83.0 cm³/mol. The maximum Gasteiger partial charge on any atom is 0.243 e. The smallest absolute Gasteiger partial charge is 0.243 e. The number of nitrogens with zero attached hydrogens (tertiary/aromatic N) is 4. The molecule has 5 N–H and O–H groups in total. The first kappa shape index (κ1) is 16.9. The average molecular weight is 296 g/mol. The van der Waals surface area contributed by atoms with Crippen molar-refractivity contribution in [1.82, 2.24) is 20.3 Å². The van der Waals surface area contributed by atoms with Gasteiger partial charge in [0.1, 0.15) is 0 Å². The van der Waals surface area contributed by atoms with E-state index in [-0.39, 0.29) is 24.4 Å². The summed E-state index contributed by atoms with van der Waals surface area (Å²) in [6.07, 6.45) is 0. The third-order valence-electron chi connectivity index (χ3n) is 2.66. The zero-order chi connectivity index (χ0) is 15.8. The summed E-state index contributed by atoms with van der Waals surface area (Å²) >= 11 is 0. The van der Waals surface area contributed by atoms with Crippen molar-refractivity contribution in [3.63, 3.8) is 0 Å². The number of nitrogen functional groups attached to an aromatic ring is 1. The monoisotopic (exact) mass is 296 g/mol. The summed E-state index contributed by atoms with van der Waals surface area (Å²) < 4.78 is 0. The van der Waals surface area contributed by atoms with Gasteiger partial charge in [0, 0.05) is 19.1 Å². The SMILES string of the molecule is CCN(CC)c1nc(NN)nc(NCC(=O)NC(C)C)n1. The molecule has 118 valence electrons. The highest BCUT2D eigenvalue weighted by molar-refractivity contribution is 5.80. The van der Waals surface area contributed by atoms with Gasteiger partial charge in [-0.15, -0.1) is 0 Å². The van der Waals surface area contributed by atoms with Gasteiger partial charge in [-0.25, -0.2) is 5.84 Å². The van der Waals surface area contributed by atoms with Gasteiger partial charge in [0.2, 0.25) is 23.8 Å². The lowest BCUT2D eigenvalue weighted by molar-refractivity contribution is -0.119. The van der Waals surface area contributed by atoms with Crippen molar-refractivity contribution in [1.29, 1.82) is 0 Å². The van der Waals surface area contributed by atoms with E-state index in [1.54, 1.807) is 0 Å². The Hall–Kier alpha value is -2.16. The first-order valence-electron chi connectivity index (χ1n) is 7.01. The van der Waals surface area contributed by atoms with Crippen molar-refractivity contribution in [2.24, 2.45) is 5.84 Å². The molecule has 0 atom stereocenters. The number of nitrogens with two attached hydrogens (primary N) is 1. The van der Waals surface area contributed by atoms with Gasteiger partial charge in [-0.1, -0.05) is 0 Å². The summed E-state index contributed by atoms with van der Waals surface area (Å²) in [7, 11) is 0. The Morgan fingerprint density at radius 1 is 1.19 bits per heavy atom. The maximum absolute atomic E-state index is 11.6. The number of nitrogens with one attached hydrogen (secondary N) is 3. The fourth-order valence-electron chi connectivity index (χ4n) is 1.69. The number of amides is 1. The zero-order valence-electron chi connectivity index (χ0n) is 13.0. The number of hydrazine groups is 1. The Morgan fingerprint density at radius 2 is 1.81 bits per heavy atom. The third-order valence-corrected chi connectivity index (χ3v) is 2.66. The topological polar surface area (TPSA) is 121 Å². The number of aromatic nitrogens is 3. The number of anilines is 3. The first-order valence-corrected chi connectivity index (χ1v) is 7.01. The van der Waals surface area contributed by atoms with Crippen molar-refractivity contribution < 1.29 is 4.79 Å². The molecule has 0 saturated carbocycles. The van der Waals surface area contributed by atoms with Gasteiger partial charge in [-0.05, 0) is 27.7 Å². The van der Waals surface area contributed by atoms with Crippen LogP contribution in [0.2, 0.25) is 0 Å². The standard InChI is InChI=1S/C12H24N8O/c1-5-20(6-2)12-17-10(16-11(18-12)19-13)14-7-9(21)15-8(3)4/h8H,5-7,13H2,1-4H3,(H,15,21)(H2,14,16,17,18,19). The predicted octanol–water partition coefficient (Wildman–Crippen LogP) is -0.0601. The van der Waals surface area contributed by atoms with Crippen LogP contribution in [0.3, 0.4) is 0 Å². The highest BCUT2D eigenvalue weighted by atomic mass is 16.1. The van der Waals surface area contributed by atoms with E-state index in [2.05, 4.69) is 31.0 Å². The van der Waals surface area contributed by atoms with E-state index in [9.17, 15) is 4.79 Å². The lowest BCUT2D eigenvalue weighted by atomic mass is 10.4. The molecular weight excluding hydrogens is 272 g/mol. The molecule has 1 aromatic heterocycles. The Morgan fingerprint density at radius 3 is 2.33 bits per heavy atom. The summed E-state index contributed by atoms with van der Waals surface area (Å²) in [6, 6.07) is 0.0881. The zero-order valence-corrected chi connectivity index (χ0v) is 13.0. The molecule has 1 aromatic rings. The van der Waals surface area contributed by atoms with Gasteiger partial charge in [-0.3, -0.25) is 10.2 Å². The van der Waals surface area contributed by atoms with Crippen LogP contribution in [0.4, 0.5) is 17.8 Å². The second kappa shape index (κ2) is 8.20. The van der Waals surface area contributed by atoms with Crippen molar-refractivity contribution in [2.45, 2.75) is 33.7 Å². The molecule has 0 unspecified atom stereocenters. The lowest BCUT2D eigenvalue weighted by Crippen LogP contribution is -2.35. The minimum absolute atomic E-state index is 0.0872. The minimum Gasteiger partial charge on any atom is -0.352 e. The quantitative estimate of drug-likeness (QED) is 0.389. The molecule has 9 nitrogen and oxygen atoms in total. The van der Waals surface area contributed by atoms with Crippen LogP contribution in [0.25, 0.3) is 0 Å². The summed E-state index contributed by atoms with van der Waals surface area (Å²) in [5.41, 5.74) is 2.40. The van der Waals surface area contributed by atoms with E-state index in [1.165, 1.54) is 0 Å². The molecule has 0 aliphatic carbocycles. The molecule has 0 aromatic carbocycles. The van der Waals surface area contributed by atoms with Crippen LogP contribution >= 0.6 is 0 Å². The minimum atomic E-state index is -0.128. The van der Waals surface area contributed by atoms with E-state index in [0.717, 1.165) is 13.1 Å². The maximum atomic E-state index is 11.6. The van der Waals surface area contributed by atoms with Crippen LogP contribution in [0.5, 0.6) is 0 Å². The largest absolute Gasteiger partial charge is 0.352 e. The van der Waals surface area contributed by atoms with Crippen molar-refractivity contribution in [3.8, 4) is 0 Å². The van der Waals surface area contributed by atoms with Crippen LogP contribution < -0.4 is 26.8 Å². The Balaban J connectivity index is 2.81. The molecule has 0 fully saturated rings. The van der Waals surface area contributed by atoms with E-state index in [4.69, 9.17) is 5.84 Å². The number of carbonyl (C=O) groups excluding carboxylic acids is 1. The first-order chi connectivity index (χ1) is 9.99. The van der Waals surface area contributed by atoms with Gasteiger partial charge in [0.05, 0.1) is 6.54 Å². The molecule has 1 amide bonds. The molecule has 1 heterocycles. The number of rotatable bonds is 8. The summed E-state index contributed by atoms with van der Waals surface area (Å²) in [5, 5.41) is 5.65. The van der Waals surface area contributed by atoms with Crippen molar-refractivity contribution >= 4 is 23.8 Å². The summed E-state index contributed by atoms with van der Waals surface area (Å²) in [5.74, 6) is 6.30. The molecule has 0 bridgehead atoms. The summed E-state index contributed by atoms with van der Waals surface area (Å²) in [6.45, 7) is 9.42. The van der Waals surface area contributed by atoms with E-state index in [1.807, 2.05) is 32.6 Å². The van der Waals surface area contributed by atoms with Gasteiger partial charge >= 0.3 is 0 Å². The molecule has 0 radical (unpaired) electrons. The molecule has 0 aliphatic rings. The fourth-order valence-corrected chi connectivity index (χ4v) is 1.69. The van der Waals surface area contributed by atoms with E-state index < -0.39 is 0 Å². The van der Waals surface area contributed by atoms with Crippen LogP contribution in [-0.2, 0) is 4.79 Å². The van der Waals surface area contributed by atoms with Gasteiger partial charge in [0.25, 0.3) is 0 Å². The van der Waals surface area contributed by atoms with E-state index in [0.29, 0.717) is 11.9 Å². The summed E-state index contributed by atoms with van der Waals surface area (Å²) in [4.78, 5) is 26.1. The van der Waals surface area contributed by atoms with Crippen LogP contribution in [0.1, 0.15) is 27.7 Å². The molecule has 9 heteroatoms. The van der Waals surface area contributed by atoms with Crippen molar-refractivity contribution in [3.05, 3.63) is 0 Å². The molecular formula is C12H24N8O. The van der Waals surface area contributed by atoms with Crippen molar-refractivity contribution in [2.75, 3.05) is 35.3 Å². The van der Waals surface area contributed by atoms with Gasteiger partial charge in [-0.2, -0.15) is 15.0 Å². The molecule has 21 heavy (non-hydrogen) atoms. The average Bonchev–Trinajstić information content (AvgIpc) is 2.45. The Labute approximate surface area is 124 Å². The second-order valence-electron chi connectivity index (χ2n) is 4.68. The molecule has 0 spiro atoms. The number of hydrogen-bond donors (Lipinski definition) is 4.